The van der Waals surface area contributed by atoms with Crippen molar-refractivity contribution in [1.29, 1.82) is 10.7 Å². The fourth-order valence-electron chi connectivity index (χ4n) is 2.96. The molecule has 0 radical (unpaired) electrons. The van der Waals surface area contributed by atoms with Gasteiger partial charge in [-0.2, -0.15) is 5.26 Å². The molecule has 0 amide bonds. The van der Waals surface area contributed by atoms with E-state index < -0.39 is 0 Å². The van der Waals surface area contributed by atoms with E-state index in [0.717, 1.165) is 47.3 Å². The first-order chi connectivity index (χ1) is 12.2. The van der Waals surface area contributed by atoms with Gasteiger partial charge >= 0.3 is 0 Å². The van der Waals surface area contributed by atoms with Gasteiger partial charge in [0, 0.05) is 29.2 Å². The van der Waals surface area contributed by atoms with Crippen LogP contribution in [0.2, 0.25) is 0 Å². The summed E-state index contributed by atoms with van der Waals surface area (Å²) in [7, 11) is 0. The monoisotopic (exact) mass is 328 g/mol. The molecule has 2 N–H and O–H groups in total. The van der Waals surface area contributed by atoms with Crippen LogP contribution in [-0.2, 0) is 5.41 Å². The second-order valence-corrected chi connectivity index (χ2v) is 6.37. The summed E-state index contributed by atoms with van der Waals surface area (Å²) in [4.78, 5) is 4.53. The highest BCUT2D eigenvalue weighted by atomic mass is 14.9. The summed E-state index contributed by atoms with van der Waals surface area (Å²) in [6, 6.07) is 12.1. The van der Waals surface area contributed by atoms with Crippen LogP contribution in [0, 0.1) is 29.1 Å². The van der Waals surface area contributed by atoms with Crippen molar-refractivity contribution in [1.82, 2.24) is 4.98 Å². The quantitative estimate of drug-likeness (QED) is 0.617. The lowest BCUT2D eigenvalue weighted by Crippen LogP contribution is -2.13. The Kier molecular flexibility index (Phi) is 4.55. The minimum absolute atomic E-state index is 0.0779. The van der Waals surface area contributed by atoms with Crippen LogP contribution < -0.4 is 5.32 Å². The number of hydrogen-bond acceptors (Lipinski definition) is 4. The Hall–Kier alpha value is -3.11. The van der Waals surface area contributed by atoms with Crippen molar-refractivity contribution in [3.63, 3.8) is 0 Å². The smallest absolute Gasteiger partial charge is 0.0994 e. The van der Waals surface area contributed by atoms with Crippen molar-refractivity contribution in [2.24, 2.45) is 0 Å². The summed E-state index contributed by atoms with van der Waals surface area (Å²) >= 11 is 0. The first-order valence-corrected chi connectivity index (χ1v) is 8.41. The van der Waals surface area contributed by atoms with E-state index in [1.165, 1.54) is 6.21 Å². The molecule has 1 aromatic carbocycles. The molecule has 124 valence electrons. The van der Waals surface area contributed by atoms with Gasteiger partial charge in [0.1, 0.15) is 0 Å². The van der Waals surface area contributed by atoms with Crippen molar-refractivity contribution in [2.75, 3.05) is 5.32 Å². The van der Waals surface area contributed by atoms with Gasteiger partial charge in [-0.15, -0.1) is 6.42 Å². The van der Waals surface area contributed by atoms with Crippen LogP contribution in [0.25, 0.3) is 0 Å². The third-order valence-electron chi connectivity index (χ3n) is 4.75. The highest BCUT2D eigenvalue weighted by Gasteiger charge is 2.46. The molecule has 2 aromatic rings. The maximum atomic E-state index is 9.29. The molecule has 1 atom stereocenters. The molecule has 0 saturated heterocycles. The van der Waals surface area contributed by atoms with Crippen LogP contribution in [0.5, 0.6) is 0 Å². The van der Waals surface area contributed by atoms with E-state index in [9.17, 15) is 5.26 Å². The van der Waals surface area contributed by atoms with Crippen LogP contribution in [0.4, 0.5) is 5.69 Å². The van der Waals surface area contributed by atoms with Crippen molar-refractivity contribution in [3.8, 4) is 18.4 Å². The number of pyridine rings is 1. The Morgan fingerprint density at radius 2 is 2.20 bits per heavy atom. The highest BCUT2D eigenvalue weighted by molar-refractivity contribution is 5.86. The Morgan fingerprint density at radius 1 is 1.40 bits per heavy atom. The van der Waals surface area contributed by atoms with E-state index in [1.807, 2.05) is 36.5 Å². The molecule has 1 aliphatic rings. The third-order valence-corrected chi connectivity index (χ3v) is 4.75. The number of hydrogen-bond donors (Lipinski definition) is 2. The zero-order valence-electron chi connectivity index (χ0n) is 14.2. The van der Waals surface area contributed by atoms with E-state index in [-0.39, 0.29) is 11.5 Å². The van der Waals surface area contributed by atoms with Gasteiger partial charge in [-0.1, -0.05) is 18.9 Å². The normalized spacial score (nSPS) is 15.5. The molecule has 25 heavy (non-hydrogen) atoms. The minimum Gasteiger partial charge on any atom is -0.378 e. The zero-order chi connectivity index (χ0) is 17.9. The third kappa shape index (κ3) is 3.25. The van der Waals surface area contributed by atoms with E-state index in [0.29, 0.717) is 0 Å². The lowest BCUT2D eigenvalue weighted by molar-refractivity contribution is 0.739. The summed E-state index contributed by atoms with van der Waals surface area (Å²) in [5.41, 5.74) is 3.98. The maximum Gasteiger partial charge on any atom is 0.0994 e. The molecule has 1 heterocycles. The number of terminal acetylenes is 1. The molecule has 1 aromatic heterocycles. The summed E-state index contributed by atoms with van der Waals surface area (Å²) in [5, 5.41) is 20.4. The van der Waals surface area contributed by atoms with Gasteiger partial charge in [0.2, 0.25) is 0 Å². The molecule has 0 aliphatic heterocycles. The molecule has 4 heteroatoms. The van der Waals surface area contributed by atoms with Crippen molar-refractivity contribution in [3.05, 3.63) is 58.9 Å². The summed E-state index contributed by atoms with van der Waals surface area (Å²) in [6.07, 6.45) is 11.3. The van der Waals surface area contributed by atoms with Gasteiger partial charge < -0.3 is 10.7 Å². The molecular formula is C21H20N4. The maximum absolute atomic E-state index is 9.29. The molecule has 1 aliphatic carbocycles. The van der Waals surface area contributed by atoms with E-state index in [1.54, 1.807) is 0 Å². The Bertz CT molecular complexity index is 864. The molecule has 0 unspecified atom stereocenters. The number of rotatable bonds is 6. The van der Waals surface area contributed by atoms with E-state index in [4.69, 9.17) is 11.8 Å². The second kappa shape index (κ2) is 6.79. The van der Waals surface area contributed by atoms with Crippen LogP contribution in [-0.4, -0.2) is 11.2 Å². The predicted molar refractivity (Wildman–Crippen MR) is 99.7 cm³/mol. The number of nitriles is 1. The Balaban J connectivity index is 1.83. The molecule has 1 saturated carbocycles. The van der Waals surface area contributed by atoms with Gasteiger partial charge in [0.15, 0.2) is 0 Å². The van der Waals surface area contributed by atoms with Gasteiger partial charge in [0.05, 0.1) is 23.2 Å². The standard InChI is InChI=1S/C21H20N4/c1-3-15-5-7-19(17(11-15)12-22)25-18(4-2)16-6-8-20(24-13-16)21(14-23)9-10-21/h1,5-8,11-13,18,22,25H,4,9-10H2,2H3/t18-/m0/s1. The number of nitrogens with one attached hydrogen (secondary N) is 2. The summed E-state index contributed by atoms with van der Waals surface area (Å²) in [6.45, 7) is 2.10. The number of anilines is 1. The first kappa shape index (κ1) is 16.7. The molecule has 1 fully saturated rings. The van der Waals surface area contributed by atoms with E-state index in [2.05, 4.69) is 29.2 Å². The van der Waals surface area contributed by atoms with E-state index >= 15 is 0 Å². The van der Waals surface area contributed by atoms with Crippen molar-refractivity contribution < 1.29 is 0 Å². The Morgan fingerprint density at radius 3 is 2.72 bits per heavy atom. The predicted octanol–water partition coefficient (Wildman–Crippen LogP) is 4.18. The minimum atomic E-state index is -0.355. The van der Waals surface area contributed by atoms with Gasteiger partial charge in [-0.3, -0.25) is 4.98 Å². The lowest BCUT2D eigenvalue weighted by atomic mass is 10.0. The fourth-order valence-corrected chi connectivity index (χ4v) is 2.96. The number of benzene rings is 1. The summed E-state index contributed by atoms with van der Waals surface area (Å²) < 4.78 is 0. The fraction of sp³-hybridized carbons (Fsp3) is 0.286. The van der Waals surface area contributed by atoms with Crippen LogP contribution in [0.1, 0.15) is 54.6 Å². The largest absolute Gasteiger partial charge is 0.378 e. The van der Waals surface area contributed by atoms with Crippen molar-refractivity contribution in [2.45, 2.75) is 37.6 Å². The topological polar surface area (TPSA) is 72.6 Å². The van der Waals surface area contributed by atoms with Gasteiger partial charge in [-0.05, 0) is 49.1 Å². The average Bonchev–Trinajstić information content (AvgIpc) is 3.47. The van der Waals surface area contributed by atoms with Gasteiger partial charge in [-0.25, -0.2) is 0 Å². The lowest BCUT2D eigenvalue weighted by Gasteiger charge is -2.20. The van der Waals surface area contributed by atoms with Gasteiger partial charge in [0.25, 0.3) is 0 Å². The molecule has 0 bridgehead atoms. The van der Waals surface area contributed by atoms with Crippen molar-refractivity contribution >= 4 is 11.9 Å². The average molecular weight is 328 g/mol. The second-order valence-electron chi connectivity index (χ2n) is 6.37. The zero-order valence-corrected chi connectivity index (χ0v) is 14.2. The Labute approximate surface area is 148 Å². The van der Waals surface area contributed by atoms with Crippen LogP contribution >= 0.6 is 0 Å². The van der Waals surface area contributed by atoms with Crippen LogP contribution in [0.15, 0.2) is 36.5 Å². The number of nitrogens with zero attached hydrogens (tertiary/aromatic N) is 2. The molecular weight excluding hydrogens is 308 g/mol. The summed E-state index contributed by atoms with van der Waals surface area (Å²) in [5.74, 6) is 2.59. The highest BCUT2D eigenvalue weighted by Crippen LogP contribution is 2.46. The SMILES string of the molecule is C#Cc1ccc(N[C@@H](CC)c2ccc(C3(C#N)CC3)nc2)c(C=N)c1. The molecule has 0 spiro atoms. The van der Waals surface area contributed by atoms with Crippen LogP contribution in [0.3, 0.4) is 0 Å². The number of aromatic nitrogens is 1. The molecule has 3 rings (SSSR count). The first-order valence-electron chi connectivity index (χ1n) is 8.41. The molecule has 4 nitrogen and oxygen atoms in total.